The van der Waals surface area contributed by atoms with Crippen LogP contribution in [0.3, 0.4) is 0 Å². The Bertz CT molecular complexity index is 1100. The van der Waals surface area contributed by atoms with Crippen LogP contribution in [0.15, 0.2) is 48.3 Å². The molecule has 0 spiro atoms. The van der Waals surface area contributed by atoms with Crippen molar-refractivity contribution in [2.24, 2.45) is 0 Å². The molecule has 9 heteroatoms. The quantitative estimate of drug-likeness (QED) is 0.456. The zero-order valence-electron chi connectivity index (χ0n) is 20.7. The number of hydrogen-bond acceptors (Lipinski definition) is 7. The van der Waals surface area contributed by atoms with Gasteiger partial charge in [-0.05, 0) is 55.2 Å². The lowest BCUT2D eigenvalue weighted by atomic mass is 10.2. The molecule has 0 atom stereocenters. The zero-order valence-corrected chi connectivity index (χ0v) is 21.7. The Kier molecular flexibility index (Phi) is 6.48. The molecule has 4 rings (SSSR count). The minimum absolute atomic E-state index is 0.0411. The maximum absolute atomic E-state index is 13.1. The summed E-state index contributed by atoms with van der Waals surface area (Å²) in [5.74, 6) is 1.72. The van der Waals surface area contributed by atoms with Gasteiger partial charge in [-0.3, -0.25) is 9.69 Å². The van der Waals surface area contributed by atoms with Crippen LogP contribution in [-0.4, -0.2) is 49.5 Å². The molecule has 34 heavy (non-hydrogen) atoms. The summed E-state index contributed by atoms with van der Waals surface area (Å²) in [7, 11) is -2.05. The summed E-state index contributed by atoms with van der Waals surface area (Å²) < 4.78 is 6.31. The van der Waals surface area contributed by atoms with Gasteiger partial charge in [0.2, 0.25) is 5.88 Å². The summed E-state index contributed by atoms with van der Waals surface area (Å²) in [6.45, 7) is 13.1. The molecular formula is C25H34N6O2Si. The zero-order chi connectivity index (χ0) is 24.5. The third-order valence-electron chi connectivity index (χ3n) is 6.83. The lowest BCUT2D eigenvalue weighted by molar-refractivity contribution is -0.114. The summed E-state index contributed by atoms with van der Waals surface area (Å²) in [6.07, 6.45) is 5.76. The van der Waals surface area contributed by atoms with Gasteiger partial charge in [0.05, 0.1) is 29.7 Å². The third kappa shape index (κ3) is 4.99. The van der Waals surface area contributed by atoms with E-state index in [2.05, 4.69) is 54.0 Å². The van der Waals surface area contributed by atoms with Crippen LogP contribution in [0, 0.1) is 5.41 Å². The largest absolute Gasteiger partial charge is 0.531 e. The summed E-state index contributed by atoms with van der Waals surface area (Å²) in [5.41, 5.74) is 1.34. The topological polar surface area (TPSA) is 94.4 Å². The maximum Gasteiger partial charge on any atom is 0.263 e. The smallest absolute Gasteiger partial charge is 0.263 e. The number of nitrogens with zero attached hydrogens (tertiary/aromatic N) is 4. The van der Waals surface area contributed by atoms with Gasteiger partial charge in [0.1, 0.15) is 11.6 Å². The maximum atomic E-state index is 13.1. The molecule has 0 aliphatic carbocycles. The molecule has 0 saturated carbocycles. The van der Waals surface area contributed by atoms with Crippen LogP contribution in [0.4, 0.5) is 17.3 Å². The van der Waals surface area contributed by atoms with E-state index in [0.717, 1.165) is 24.6 Å². The molecule has 0 bridgehead atoms. The molecular weight excluding hydrogens is 444 g/mol. The fraction of sp³-hybridized carbons (Fsp3) is 0.440. The molecule has 2 aromatic rings. The van der Waals surface area contributed by atoms with Gasteiger partial charge in [-0.15, -0.1) is 0 Å². The van der Waals surface area contributed by atoms with E-state index in [4.69, 9.17) is 9.84 Å². The number of nitrogens with one attached hydrogen (secondary N) is 2. The van der Waals surface area contributed by atoms with Gasteiger partial charge < -0.3 is 20.1 Å². The van der Waals surface area contributed by atoms with Crippen molar-refractivity contribution in [3.63, 3.8) is 0 Å². The fourth-order valence-corrected chi connectivity index (χ4v) is 4.65. The van der Waals surface area contributed by atoms with E-state index >= 15 is 0 Å². The van der Waals surface area contributed by atoms with E-state index in [1.54, 1.807) is 18.5 Å². The predicted molar refractivity (Wildman–Crippen MR) is 140 cm³/mol. The van der Waals surface area contributed by atoms with Gasteiger partial charge in [-0.1, -0.05) is 26.8 Å². The molecule has 1 amide bonds. The van der Waals surface area contributed by atoms with Gasteiger partial charge >= 0.3 is 0 Å². The number of aromatic nitrogens is 2. The van der Waals surface area contributed by atoms with Crippen molar-refractivity contribution < 1.29 is 9.22 Å². The highest BCUT2D eigenvalue weighted by atomic mass is 28.4. The van der Waals surface area contributed by atoms with E-state index in [9.17, 15) is 4.79 Å². The number of carbonyl (C=O) groups is 1. The van der Waals surface area contributed by atoms with Crippen LogP contribution >= 0.6 is 0 Å². The van der Waals surface area contributed by atoms with Crippen molar-refractivity contribution >= 4 is 37.3 Å². The highest BCUT2D eigenvalue weighted by Gasteiger charge is 2.39. The lowest BCUT2D eigenvalue weighted by Gasteiger charge is -2.36. The van der Waals surface area contributed by atoms with E-state index < -0.39 is 8.32 Å². The first-order chi connectivity index (χ1) is 16.0. The van der Waals surface area contributed by atoms with Gasteiger partial charge in [-0.25, -0.2) is 4.98 Å². The molecule has 180 valence electrons. The average molecular weight is 479 g/mol. The predicted octanol–water partition coefficient (Wildman–Crippen LogP) is 4.82. The highest BCUT2D eigenvalue weighted by Crippen LogP contribution is 2.37. The molecule has 8 nitrogen and oxygen atoms in total. The molecule has 2 aliphatic heterocycles. The standard InChI is InChI=1S/C25H34N6O2Si/c1-25(2,3)34(4,5)33-23-10-8-9-22(29-23)31-17-20(26)19(24(31)32)16-27-18-11-12-21(28-15-18)30-13-6-7-14-30/h8-12,15-16,26-27H,6-7,13-14,17H2,1-5H3/b19-16+,26-20?. The van der Waals surface area contributed by atoms with Crippen molar-refractivity contribution in [2.75, 3.05) is 34.8 Å². The molecule has 4 heterocycles. The Morgan fingerprint density at radius 1 is 1.12 bits per heavy atom. The summed E-state index contributed by atoms with van der Waals surface area (Å²) >= 11 is 0. The summed E-state index contributed by atoms with van der Waals surface area (Å²) in [5, 5.41) is 11.5. The molecule has 2 fully saturated rings. The first-order valence-corrected chi connectivity index (χ1v) is 14.7. The SMILES string of the molecule is CC(C)(C)[Si](C)(C)Oc1cccc(N2CC(=N)/C(=C\Nc3ccc(N4CCCC4)nc3)C2=O)n1. The summed E-state index contributed by atoms with van der Waals surface area (Å²) in [4.78, 5) is 26.0. The number of anilines is 3. The minimum Gasteiger partial charge on any atom is -0.531 e. The van der Waals surface area contributed by atoms with Gasteiger partial charge in [0.15, 0.2) is 0 Å². The van der Waals surface area contributed by atoms with Crippen LogP contribution in [0.1, 0.15) is 33.6 Å². The van der Waals surface area contributed by atoms with Gasteiger partial charge in [0, 0.05) is 19.3 Å². The minimum atomic E-state index is -2.05. The van der Waals surface area contributed by atoms with E-state index in [1.165, 1.54) is 17.7 Å². The number of pyridine rings is 2. The van der Waals surface area contributed by atoms with Crippen molar-refractivity contribution in [3.05, 3.63) is 48.3 Å². The van der Waals surface area contributed by atoms with Crippen molar-refractivity contribution in [3.8, 4) is 5.88 Å². The Morgan fingerprint density at radius 3 is 2.50 bits per heavy atom. The summed E-state index contributed by atoms with van der Waals surface area (Å²) in [6, 6.07) is 9.38. The number of carbonyl (C=O) groups excluding carboxylic acids is 1. The van der Waals surface area contributed by atoms with Crippen LogP contribution < -0.4 is 19.5 Å². The van der Waals surface area contributed by atoms with Crippen LogP contribution in [-0.2, 0) is 4.79 Å². The molecule has 2 N–H and O–H groups in total. The molecule has 2 saturated heterocycles. The van der Waals surface area contributed by atoms with Crippen LogP contribution in [0.2, 0.25) is 18.1 Å². The van der Waals surface area contributed by atoms with Crippen LogP contribution in [0.25, 0.3) is 0 Å². The van der Waals surface area contributed by atoms with Crippen molar-refractivity contribution in [1.82, 2.24) is 9.97 Å². The Morgan fingerprint density at radius 2 is 1.85 bits per heavy atom. The second-order valence-corrected chi connectivity index (χ2v) is 15.1. The second kappa shape index (κ2) is 9.21. The van der Waals surface area contributed by atoms with Gasteiger partial charge in [0.25, 0.3) is 14.2 Å². The lowest BCUT2D eigenvalue weighted by Crippen LogP contribution is -2.44. The molecule has 0 aromatic carbocycles. The molecule has 0 unspecified atom stereocenters. The van der Waals surface area contributed by atoms with Crippen molar-refractivity contribution in [2.45, 2.75) is 51.7 Å². The first kappa shape index (κ1) is 23.9. The first-order valence-electron chi connectivity index (χ1n) is 11.8. The van der Waals surface area contributed by atoms with E-state index in [0.29, 0.717) is 17.3 Å². The number of rotatable bonds is 6. The van der Waals surface area contributed by atoms with E-state index in [-0.39, 0.29) is 23.2 Å². The Balaban J connectivity index is 1.46. The second-order valence-electron chi connectivity index (χ2n) is 10.4. The molecule has 0 radical (unpaired) electrons. The number of hydrogen-bond donors (Lipinski definition) is 2. The highest BCUT2D eigenvalue weighted by molar-refractivity contribution is 6.74. The van der Waals surface area contributed by atoms with E-state index in [1.807, 2.05) is 24.3 Å². The van der Waals surface area contributed by atoms with Crippen LogP contribution in [0.5, 0.6) is 5.88 Å². The molecule has 2 aliphatic rings. The third-order valence-corrected chi connectivity index (χ3v) is 11.2. The fourth-order valence-electron chi connectivity index (χ4n) is 3.71. The normalized spacial score (nSPS) is 18.2. The Labute approximate surface area is 202 Å². The molecule has 2 aromatic heterocycles. The van der Waals surface area contributed by atoms with Crippen molar-refractivity contribution in [1.29, 1.82) is 5.41 Å². The monoisotopic (exact) mass is 478 g/mol. The van der Waals surface area contributed by atoms with Gasteiger partial charge in [-0.2, -0.15) is 4.98 Å². The number of amides is 1. The average Bonchev–Trinajstić information content (AvgIpc) is 3.40. The Hall–Kier alpha value is -3.20.